The number of fused-ring (bicyclic) bond motifs is 1. The van der Waals surface area contributed by atoms with Gasteiger partial charge < -0.3 is 5.32 Å². The first-order valence-corrected chi connectivity index (χ1v) is 9.72. The Bertz CT molecular complexity index is 1080. The molecule has 1 atom stereocenters. The van der Waals surface area contributed by atoms with Crippen molar-refractivity contribution in [3.05, 3.63) is 64.5 Å². The summed E-state index contributed by atoms with van der Waals surface area (Å²) in [6.07, 6.45) is 0.794. The average molecular weight is 403 g/mol. The van der Waals surface area contributed by atoms with E-state index in [1.54, 1.807) is 31.2 Å². The van der Waals surface area contributed by atoms with E-state index in [2.05, 4.69) is 10.3 Å². The van der Waals surface area contributed by atoms with Crippen LogP contribution in [0.15, 0.2) is 52.4 Å². The van der Waals surface area contributed by atoms with E-state index in [-0.39, 0.29) is 16.8 Å². The average Bonchev–Trinajstić information content (AvgIpc) is 2.67. The smallest absolute Gasteiger partial charge is 0.266 e. The van der Waals surface area contributed by atoms with Crippen LogP contribution in [0.25, 0.3) is 16.6 Å². The van der Waals surface area contributed by atoms with E-state index in [9.17, 15) is 18.4 Å². The minimum absolute atomic E-state index is 0.117. The van der Waals surface area contributed by atoms with Gasteiger partial charge in [-0.1, -0.05) is 30.8 Å². The van der Waals surface area contributed by atoms with Crippen molar-refractivity contribution in [2.45, 2.75) is 30.7 Å². The van der Waals surface area contributed by atoms with Crippen molar-refractivity contribution in [2.75, 3.05) is 6.54 Å². The zero-order chi connectivity index (χ0) is 20.3. The number of hydrogen-bond acceptors (Lipinski definition) is 4. The summed E-state index contributed by atoms with van der Waals surface area (Å²) in [5.41, 5.74) is -0.164. The molecule has 8 heteroatoms. The Labute approximate surface area is 164 Å². The van der Waals surface area contributed by atoms with Crippen molar-refractivity contribution in [1.82, 2.24) is 14.9 Å². The molecule has 0 aliphatic carbocycles. The van der Waals surface area contributed by atoms with Gasteiger partial charge in [0, 0.05) is 12.6 Å². The number of carbonyl (C=O) groups is 1. The lowest BCUT2D eigenvalue weighted by atomic mass is 10.2. The predicted molar refractivity (Wildman–Crippen MR) is 106 cm³/mol. The number of benzene rings is 2. The quantitative estimate of drug-likeness (QED) is 0.504. The summed E-state index contributed by atoms with van der Waals surface area (Å²) in [6, 6.07) is 9.67. The third-order valence-electron chi connectivity index (χ3n) is 4.10. The van der Waals surface area contributed by atoms with Crippen molar-refractivity contribution < 1.29 is 13.6 Å². The van der Waals surface area contributed by atoms with Gasteiger partial charge in [-0.25, -0.2) is 13.8 Å². The molecule has 0 aliphatic heterocycles. The Hall–Kier alpha value is -2.74. The summed E-state index contributed by atoms with van der Waals surface area (Å²) in [5.74, 6) is -1.84. The molecule has 1 heterocycles. The van der Waals surface area contributed by atoms with E-state index in [1.807, 2.05) is 6.92 Å². The predicted octanol–water partition coefficient (Wildman–Crippen LogP) is 3.67. The highest BCUT2D eigenvalue weighted by molar-refractivity contribution is 8.00. The SMILES string of the molecule is CCCNC(=O)C(C)Sc1nc2ccccc2c(=O)n1-c1ccc(F)cc1F. The molecule has 1 N–H and O–H groups in total. The largest absolute Gasteiger partial charge is 0.355 e. The lowest BCUT2D eigenvalue weighted by Gasteiger charge is -2.16. The number of aromatic nitrogens is 2. The van der Waals surface area contributed by atoms with Gasteiger partial charge in [0.15, 0.2) is 5.16 Å². The van der Waals surface area contributed by atoms with E-state index >= 15 is 0 Å². The Morgan fingerprint density at radius 3 is 2.71 bits per heavy atom. The minimum atomic E-state index is -0.885. The van der Waals surface area contributed by atoms with Crippen LogP contribution in [0.5, 0.6) is 0 Å². The van der Waals surface area contributed by atoms with E-state index in [4.69, 9.17) is 0 Å². The van der Waals surface area contributed by atoms with E-state index in [1.165, 1.54) is 6.07 Å². The zero-order valence-electron chi connectivity index (χ0n) is 15.4. The number of para-hydroxylation sites is 1. The molecule has 3 aromatic rings. The summed E-state index contributed by atoms with van der Waals surface area (Å²) >= 11 is 1.04. The monoisotopic (exact) mass is 403 g/mol. The molecular formula is C20H19F2N3O2S. The van der Waals surface area contributed by atoms with Gasteiger partial charge in [-0.2, -0.15) is 0 Å². The number of nitrogens with one attached hydrogen (secondary N) is 1. The summed E-state index contributed by atoms with van der Waals surface area (Å²) in [6.45, 7) is 4.16. The molecule has 0 saturated carbocycles. The fourth-order valence-electron chi connectivity index (χ4n) is 2.67. The van der Waals surface area contributed by atoms with E-state index < -0.39 is 22.4 Å². The molecule has 2 aromatic carbocycles. The Morgan fingerprint density at radius 2 is 2.00 bits per heavy atom. The standard InChI is InChI=1S/C20H19F2N3O2S/c1-3-10-23-18(26)12(2)28-20-24-16-7-5-4-6-14(16)19(27)25(20)17-9-8-13(21)11-15(17)22/h4-9,11-12H,3,10H2,1-2H3,(H,23,26). The van der Waals surface area contributed by atoms with Crippen molar-refractivity contribution in [3.63, 3.8) is 0 Å². The second kappa shape index (κ2) is 8.52. The molecule has 0 aliphatic rings. The van der Waals surface area contributed by atoms with Crippen LogP contribution in [0, 0.1) is 11.6 Å². The highest BCUT2D eigenvalue weighted by Crippen LogP contribution is 2.26. The first kappa shape index (κ1) is 20.0. The molecular weight excluding hydrogens is 384 g/mol. The third-order valence-corrected chi connectivity index (χ3v) is 5.15. The maximum atomic E-state index is 14.4. The Morgan fingerprint density at radius 1 is 1.25 bits per heavy atom. The number of nitrogens with zero attached hydrogens (tertiary/aromatic N) is 2. The van der Waals surface area contributed by atoms with Gasteiger partial charge in [0.1, 0.15) is 11.6 Å². The molecule has 0 spiro atoms. The van der Waals surface area contributed by atoms with Crippen LogP contribution < -0.4 is 10.9 Å². The van der Waals surface area contributed by atoms with Crippen LogP contribution in [-0.2, 0) is 4.79 Å². The lowest BCUT2D eigenvalue weighted by molar-refractivity contribution is -0.120. The zero-order valence-corrected chi connectivity index (χ0v) is 16.2. The van der Waals surface area contributed by atoms with E-state index in [0.717, 1.165) is 28.8 Å². The van der Waals surface area contributed by atoms with Gasteiger partial charge in [0.05, 0.1) is 21.8 Å². The number of thioether (sulfide) groups is 1. The fourth-order valence-corrected chi connectivity index (χ4v) is 3.61. The van der Waals surface area contributed by atoms with Gasteiger partial charge in [-0.3, -0.25) is 14.2 Å². The van der Waals surface area contributed by atoms with Gasteiger partial charge in [-0.15, -0.1) is 0 Å². The lowest BCUT2D eigenvalue weighted by Crippen LogP contribution is -2.32. The second-order valence-electron chi connectivity index (χ2n) is 6.20. The Balaban J connectivity index is 2.15. The highest BCUT2D eigenvalue weighted by atomic mass is 32.2. The van der Waals surface area contributed by atoms with Crippen LogP contribution >= 0.6 is 11.8 Å². The first-order chi connectivity index (χ1) is 13.4. The molecule has 1 amide bonds. The summed E-state index contributed by atoms with van der Waals surface area (Å²) in [5, 5.41) is 2.69. The molecule has 0 saturated heterocycles. The molecule has 0 radical (unpaired) electrons. The maximum absolute atomic E-state index is 14.4. The molecule has 28 heavy (non-hydrogen) atoms. The fraction of sp³-hybridized carbons (Fsp3) is 0.250. The maximum Gasteiger partial charge on any atom is 0.266 e. The molecule has 0 bridgehead atoms. The molecule has 1 aromatic heterocycles. The number of hydrogen-bond donors (Lipinski definition) is 1. The van der Waals surface area contributed by atoms with Crippen LogP contribution in [0.3, 0.4) is 0 Å². The molecule has 0 fully saturated rings. The van der Waals surface area contributed by atoms with Gasteiger partial charge in [-0.05, 0) is 37.6 Å². The summed E-state index contributed by atoms with van der Waals surface area (Å²) in [4.78, 5) is 29.8. The molecule has 146 valence electrons. The third kappa shape index (κ3) is 4.06. The van der Waals surface area contributed by atoms with Gasteiger partial charge in [0.25, 0.3) is 5.56 Å². The number of amides is 1. The summed E-state index contributed by atoms with van der Waals surface area (Å²) < 4.78 is 28.9. The Kier molecular flexibility index (Phi) is 6.08. The van der Waals surface area contributed by atoms with Crippen LogP contribution in [-0.4, -0.2) is 27.3 Å². The van der Waals surface area contributed by atoms with Crippen molar-refractivity contribution in [1.29, 1.82) is 0 Å². The van der Waals surface area contributed by atoms with Crippen LogP contribution in [0.2, 0.25) is 0 Å². The normalized spacial score (nSPS) is 12.1. The van der Waals surface area contributed by atoms with Crippen LogP contribution in [0.4, 0.5) is 8.78 Å². The highest BCUT2D eigenvalue weighted by Gasteiger charge is 2.21. The number of rotatable bonds is 6. The minimum Gasteiger partial charge on any atom is -0.355 e. The van der Waals surface area contributed by atoms with Gasteiger partial charge in [0.2, 0.25) is 5.91 Å². The number of halogens is 2. The van der Waals surface area contributed by atoms with E-state index in [0.29, 0.717) is 23.5 Å². The molecule has 5 nitrogen and oxygen atoms in total. The topological polar surface area (TPSA) is 64.0 Å². The van der Waals surface area contributed by atoms with Gasteiger partial charge >= 0.3 is 0 Å². The molecule has 3 rings (SSSR count). The van der Waals surface area contributed by atoms with Crippen molar-refractivity contribution in [3.8, 4) is 5.69 Å². The van der Waals surface area contributed by atoms with Crippen LogP contribution in [0.1, 0.15) is 20.3 Å². The second-order valence-corrected chi connectivity index (χ2v) is 7.51. The molecule has 1 unspecified atom stereocenters. The van der Waals surface area contributed by atoms with Crippen molar-refractivity contribution >= 4 is 28.6 Å². The number of carbonyl (C=O) groups excluding carboxylic acids is 1. The first-order valence-electron chi connectivity index (χ1n) is 8.84. The van der Waals surface area contributed by atoms with Crippen molar-refractivity contribution in [2.24, 2.45) is 0 Å². The summed E-state index contributed by atoms with van der Waals surface area (Å²) in [7, 11) is 0.